The minimum absolute atomic E-state index is 0.0186. The van der Waals surface area contributed by atoms with E-state index in [1.54, 1.807) is 30.3 Å². The summed E-state index contributed by atoms with van der Waals surface area (Å²) in [5.74, 6) is -0.0331. The topological polar surface area (TPSA) is 101 Å². The Morgan fingerprint density at radius 2 is 1.77 bits per heavy atom. The van der Waals surface area contributed by atoms with Crippen LogP contribution in [0.4, 0.5) is 5.69 Å². The van der Waals surface area contributed by atoms with Gasteiger partial charge < -0.3 is 16.4 Å². The standard InChI is InChI=1S/C23H27N3O3S/c24-22(28)17-9-6-10-18(13-17)26-23(29)19-11-4-5-12-20(19)30-15-21(27)25-14-16-7-2-1-3-8-16/h4-6,9-13,16H,1-3,7-8,14-15H2,(H2,24,28)(H,25,27)(H,26,29). The fourth-order valence-electron chi connectivity index (χ4n) is 3.57. The van der Waals surface area contributed by atoms with Gasteiger partial charge in [0.15, 0.2) is 0 Å². The van der Waals surface area contributed by atoms with E-state index in [0.29, 0.717) is 22.7 Å². The van der Waals surface area contributed by atoms with Crippen molar-refractivity contribution in [3.05, 3.63) is 59.7 Å². The third-order valence-corrected chi connectivity index (χ3v) is 6.28. The first kappa shape index (κ1) is 21.9. The van der Waals surface area contributed by atoms with E-state index >= 15 is 0 Å². The Morgan fingerprint density at radius 1 is 1.00 bits per heavy atom. The van der Waals surface area contributed by atoms with E-state index in [9.17, 15) is 14.4 Å². The molecule has 1 saturated carbocycles. The highest BCUT2D eigenvalue weighted by Crippen LogP contribution is 2.25. The summed E-state index contributed by atoms with van der Waals surface area (Å²) in [5.41, 5.74) is 6.59. The molecule has 7 heteroatoms. The van der Waals surface area contributed by atoms with Crippen LogP contribution in [0.5, 0.6) is 0 Å². The third-order valence-electron chi connectivity index (χ3n) is 5.21. The highest BCUT2D eigenvalue weighted by molar-refractivity contribution is 8.00. The van der Waals surface area contributed by atoms with Gasteiger partial charge in [-0.05, 0) is 49.1 Å². The van der Waals surface area contributed by atoms with Gasteiger partial charge in [0.1, 0.15) is 0 Å². The van der Waals surface area contributed by atoms with Gasteiger partial charge in [0, 0.05) is 22.7 Å². The van der Waals surface area contributed by atoms with E-state index in [1.807, 2.05) is 12.1 Å². The fourth-order valence-corrected chi connectivity index (χ4v) is 4.45. The molecule has 30 heavy (non-hydrogen) atoms. The van der Waals surface area contributed by atoms with Crippen molar-refractivity contribution in [1.29, 1.82) is 0 Å². The van der Waals surface area contributed by atoms with Gasteiger partial charge in [-0.15, -0.1) is 11.8 Å². The van der Waals surface area contributed by atoms with Gasteiger partial charge in [0.25, 0.3) is 5.91 Å². The second-order valence-electron chi connectivity index (χ2n) is 7.49. The number of carbonyl (C=O) groups excluding carboxylic acids is 3. The molecule has 0 bridgehead atoms. The zero-order valence-corrected chi connectivity index (χ0v) is 17.7. The molecule has 0 unspecified atom stereocenters. The van der Waals surface area contributed by atoms with Crippen LogP contribution in [0.1, 0.15) is 52.8 Å². The Morgan fingerprint density at radius 3 is 2.53 bits per heavy atom. The molecule has 0 spiro atoms. The Balaban J connectivity index is 1.57. The molecule has 0 atom stereocenters. The fraction of sp³-hybridized carbons (Fsp3) is 0.348. The Hall–Kier alpha value is -2.80. The second kappa shape index (κ2) is 10.8. The Labute approximate surface area is 181 Å². The van der Waals surface area contributed by atoms with Crippen molar-refractivity contribution < 1.29 is 14.4 Å². The molecular weight excluding hydrogens is 398 g/mol. The maximum Gasteiger partial charge on any atom is 0.256 e. The van der Waals surface area contributed by atoms with Gasteiger partial charge in [-0.3, -0.25) is 14.4 Å². The number of anilines is 1. The molecular formula is C23H27N3O3S. The lowest BCUT2D eigenvalue weighted by molar-refractivity contribution is -0.118. The molecule has 6 nitrogen and oxygen atoms in total. The van der Waals surface area contributed by atoms with Crippen LogP contribution in [0, 0.1) is 5.92 Å². The van der Waals surface area contributed by atoms with E-state index in [-0.39, 0.29) is 17.6 Å². The number of hydrogen-bond donors (Lipinski definition) is 3. The van der Waals surface area contributed by atoms with E-state index in [1.165, 1.54) is 49.9 Å². The number of thioether (sulfide) groups is 1. The minimum atomic E-state index is -0.554. The van der Waals surface area contributed by atoms with Crippen molar-refractivity contribution in [2.45, 2.75) is 37.0 Å². The maximum atomic E-state index is 12.8. The van der Waals surface area contributed by atoms with Crippen LogP contribution in [-0.4, -0.2) is 30.0 Å². The number of carbonyl (C=O) groups is 3. The molecule has 1 aliphatic carbocycles. The van der Waals surface area contributed by atoms with Crippen molar-refractivity contribution in [3.63, 3.8) is 0 Å². The van der Waals surface area contributed by atoms with Gasteiger partial charge >= 0.3 is 0 Å². The van der Waals surface area contributed by atoms with Crippen molar-refractivity contribution in [1.82, 2.24) is 5.32 Å². The average Bonchev–Trinajstić information content (AvgIpc) is 2.77. The number of amides is 3. The SMILES string of the molecule is NC(=O)c1cccc(NC(=O)c2ccccc2SCC(=O)NCC2CCCCC2)c1. The van der Waals surface area contributed by atoms with Crippen LogP contribution in [0.3, 0.4) is 0 Å². The Bertz CT molecular complexity index is 910. The first-order valence-electron chi connectivity index (χ1n) is 10.2. The molecule has 0 saturated heterocycles. The van der Waals surface area contributed by atoms with Crippen molar-refractivity contribution >= 4 is 35.2 Å². The maximum absolute atomic E-state index is 12.8. The van der Waals surface area contributed by atoms with Crippen molar-refractivity contribution in [3.8, 4) is 0 Å². The molecule has 0 aromatic heterocycles. The molecule has 0 aliphatic heterocycles. The van der Waals surface area contributed by atoms with Gasteiger partial charge in [-0.2, -0.15) is 0 Å². The Kier molecular flexibility index (Phi) is 7.90. The minimum Gasteiger partial charge on any atom is -0.366 e. The lowest BCUT2D eigenvalue weighted by Crippen LogP contribution is -2.31. The molecule has 0 radical (unpaired) electrons. The molecule has 3 rings (SSSR count). The lowest BCUT2D eigenvalue weighted by Gasteiger charge is -2.21. The highest BCUT2D eigenvalue weighted by Gasteiger charge is 2.16. The molecule has 1 aliphatic rings. The third kappa shape index (κ3) is 6.35. The predicted octanol–water partition coefficient (Wildman–Crippen LogP) is 3.83. The second-order valence-corrected chi connectivity index (χ2v) is 8.51. The van der Waals surface area contributed by atoms with Gasteiger partial charge in [0.05, 0.1) is 11.3 Å². The first-order chi connectivity index (χ1) is 14.5. The molecule has 2 aromatic rings. The quantitative estimate of drug-likeness (QED) is 0.560. The molecule has 0 heterocycles. The number of nitrogens with one attached hydrogen (secondary N) is 2. The first-order valence-corrected chi connectivity index (χ1v) is 11.2. The molecule has 4 N–H and O–H groups in total. The summed E-state index contributed by atoms with van der Waals surface area (Å²) in [6.07, 6.45) is 6.17. The van der Waals surface area contributed by atoms with Crippen LogP contribution in [0.15, 0.2) is 53.4 Å². The van der Waals surface area contributed by atoms with Crippen LogP contribution in [0.25, 0.3) is 0 Å². The highest BCUT2D eigenvalue weighted by atomic mass is 32.2. The largest absolute Gasteiger partial charge is 0.366 e. The number of nitrogens with two attached hydrogens (primary N) is 1. The summed E-state index contributed by atoms with van der Waals surface area (Å²) in [4.78, 5) is 37.1. The summed E-state index contributed by atoms with van der Waals surface area (Å²) in [5, 5.41) is 5.81. The summed E-state index contributed by atoms with van der Waals surface area (Å²) >= 11 is 1.34. The number of primary amides is 1. The van der Waals surface area contributed by atoms with Gasteiger partial charge in [-0.1, -0.05) is 37.5 Å². The molecule has 158 valence electrons. The van der Waals surface area contributed by atoms with Crippen molar-refractivity contribution in [2.24, 2.45) is 11.7 Å². The number of rotatable bonds is 8. The summed E-state index contributed by atoms with van der Waals surface area (Å²) < 4.78 is 0. The zero-order chi connectivity index (χ0) is 21.3. The monoisotopic (exact) mass is 425 g/mol. The summed E-state index contributed by atoms with van der Waals surface area (Å²) in [7, 11) is 0. The summed E-state index contributed by atoms with van der Waals surface area (Å²) in [6, 6.07) is 13.6. The van der Waals surface area contributed by atoms with Crippen LogP contribution < -0.4 is 16.4 Å². The number of benzene rings is 2. The van der Waals surface area contributed by atoms with E-state index < -0.39 is 5.91 Å². The van der Waals surface area contributed by atoms with E-state index in [0.717, 1.165) is 11.4 Å². The van der Waals surface area contributed by atoms with E-state index in [4.69, 9.17) is 5.73 Å². The van der Waals surface area contributed by atoms with Gasteiger partial charge in [0.2, 0.25) is 11.8 Å². The number of hydrogen-bond acceptors (Lipinski definition) is 4. The van der Waals surface area contributed by atoms with Gasteiger partial charge in [-0.25, -0.2) is 0 Å². The smallest absolute Gasteiger partial charge is 0.256 e. The lowest BCUT2D eigenvalue weighted by atomic mass is 9.89. The normalized spacial score (nSPS) is 14.1. The summed E-state index contributed by atoms with van der Waals surface area (Å²) in [6.45, 7) is 0.734. The van der Waals surface area contributed by atoms with Crippen molar-refractivity contribution in [2.75, 3.05) is 17.6 Å². The molecule has 3 amide bonds. The van der Waals surface area contributed by atoms with E-state index in [2.05, 4.69) is 10.6 Å². The van der Waals surface area contributed by atoms with Crippen LogP contribution in [-0.2, 0) is 4.79 Å². The predicted molar refractivity (Wildman–Crippen MR) is 120 cm³/mol. The van der Waals surface area contributed by atoms with Crippen LogP contribution >= 0.6 is 11.8 Å². The molecule has 1 fully saturated rings. The zero-order valence-electron chi connectivity index (χ0n) is 16.9. The van der Waals surface area contributed by atoms with Crippen LogP contribution in [0.2, 0.25) is 0 Å². The average molecular weight is 426 g/mol. The molecule has 2 aromatic carbocycles.